The van der Waals surface area contributed by atoms with Gasteiger partial charge < -0.3 is 10.2 Å². The first-order valence-electron chi connectivity index (χ1n) is 7.66. The number of piperidine rings is 1. The van der Waals surface area contributed by atoms with Gasteiger partial charge >= 0.3 is 0 Å². The molecule has 2 aromatic rings. The largest absolute Gasteiger partial charge is 0.348 e. The van der Waals surface area contributed by atoms with Crippen molar-refractivity contribution in [2.24, 2.45) is 5.92 Å². The summed E-state index contributed by atoms with van der Waals surface area (Å²) in [6.07, 6.45) is 4.07. The molecule has 4 heteroatoms. The number of nitrogens with zero attached hydrogens (tertiary/aromatic N) is 2. The fraction of sp³-hybridized carbons (Fsp3) is 0.412. The molecule has 2 aliphatic heterocycles. The highest BCUT2D eigenvalue weighted by molar-refractivity contribution is 5.97. The Morgan fingerprint density at radius 2 is 2.19 bits per heavy atom. The molecule has 21 heavy (non-hydrogen) atoms. The predicted octanol–water partition coefficient (Wildman–Crippen LogP) is 2.06. The minimum absolute atomic E-state index is 0.000697. The fourth-order valence-electron chi connectivity index (χ4n) is 3.63. The summed E-state index contributed by atoms with van der Waals surface area (Å²) < 4.78 is 0. The van der Waals surface area contributed by atoms with Crippen LogP contribution >= 0.6 is 0 Å². The van der Waals surface area contributed by atoms with Gasteiger partial charge in [-0.3, -0.25) is 9.78 Å². The number of hydrogen-bond donors (Lipinski definition) is 1. The first kappa shape index (κ1) is 12.8. The van der Waals surface area contributed by atoms with Gasteiger partial charge in [-0.15, -0.1) is 0 Å². The number of benzene rings is 1. The Morgan fingerprint density at radius 3 is 3.10 bits per heavy atom. The van der Waals surface area contributed by atoms with Crippen LogP contribution in [0.15, 0.2) is 36.5 Å². The number of para-hydroxylation sites is 1. The van der Waals surface area contributed by atoms with Gasteiger partial charge in [-0.2, -0.15) is 0 Å². The zero-order valence-electron chi connectivity index (χ0n) is 12.0. The molecule has 0 spiro atoms. The SMILES string of the molecule is O=C(N[C@@H]1C[C@@H]2CCN(C2)C1)c1cnc2ccccc2c1. The minimum Gasteiger partial charge on any atom is -0.348 e. The van der Waals surface area contributed by atoms with Crippen LogP contribution in [0.1, 0.15) is 23.2 Å². The number of rotatable bonds is 2. The highest BCUT2D eigenvalue weighted by atomic mass is 16.1. The number of hydrogen-bond acceptors (Lipinski definition) is 3. The van der Waals surface area contributed by atoms with Gasteiger partial charge in [-0.25, -0.2) is 0 Å². The number of fused-ring (bicyclic) bond motifs is 3. The number of carbonyl (C=O) groups excluding carboxylic acids is 1. The van der Waals surface area contributed by atoms with Crippen LogP contribution in [0.5, 0.6) is 0 Å². The molecule has 2 saturated heterocycles. The van der Waals surface area contributed by atoms with Crippen molar-refractivity contribution in [3.8, 4) is 0 Å². The molecule has 1 aromatic heterocycles. The van der Waals surface area contributed by atoms with E-state index in [9.17, 15) is 4.79 Å². The molecule has 0 saturated carbocycles. The van der Waals surface area contributed by atoms with Crippen LogP contribution in [-0.4, -0.2) is 41.5 Å². The topological polar surface area (TPSA) is 45.2 Å². The third kappa shape index (κ3) is 2.51. The van der Waals surface area contributed by atoms with E-state index in [-0.39, 0.29) is 11.9 Å². The Kier molecular flexibility index (Phi) is 3.11. The van der Waals surface area contributed by atoms with E-state index in [0.717, 1.165) is 29.8 Å². The predicted molar refractivity (Wildman–Crippen MR) is 82.2 cm³/mol. The molecule has 1 unspecified atom stereocenters. The lowest BCUT2D eigenvalue weighted by Crippen LogP contribution is -2.47. The average molecular weight is 281 g/mol. The first-order valence-corrected chi connectivity index (χ1v) is 7.66. The Balaban J connectivity index is 1.50. The third-order valence-electron chi connectivity index (χ3n) is 4.65. The molecule has 3 heterocycles. The summed E-state index contributed by atoms with van der Waals surface area (Å²) in [7, 11) is 0. The quantitative estimate of drug-likeness (QED) is 0.916. The van der Waals surface area contributed by atoms with Crippen LogP contribution in [0, 0.1) is 5.92 Å². The lowest BCUT2D eigenvalue weighted by atomic mass is 9.96. The van der Waals surface area contributed by atoms with E-state index in [1.165, 1.54) is 19.5 Å². The zero-order chi connectivity index (χ0) is 14.2. The molecule has 3 atom stereocenters. The molecule has 1 N–H and O–H groups in total. The Labute approximate surface area is 124 Å². The van der Waals surface area contributed by atoms with Crippen molar-refractivity contribution in [2.45, 2.75) is 18.9 Å². The maximum Gasteiger partial charge on any atom is 0.253 e. The molecule has 2 aliphatic rings. The third-order valence-corrected chi connectivity index (χ3v) is 4.65. The average Bonchev–Trinajstić information content (AvgIpc) is 2.85. The standard InChI is InChI=1S/C17H19N3O/c21-17(19-15-7-12-5-6-20(10-12)11-15)14-8-13-3-1-2-4-16(13)18-9-14/h1-4,8-9,12,15H,5-7,10-11H2,(H,19,21)/t12-,15+/m0/s1. The van der Waals surface area contributed by atoms with Crippen molar-refractivity contribution >= 4 is 16.8 Å². The smallest absolute Gasteiger partial charge is 0.253 e. The highest BCUT2D eigenvalue weighted by Crippen LogP contribution is 2.26. The summed E-state index contributed by atoms with van der Waals surface area (Å²) >= 11 is 0. The van der Waals surface area contributed by atoms with Gasteiger partial charge in [-0.05, 0) is 37.4 Å². The van der Waals surface area contributed by atoms with E-state index >= 15 is 0 Å². The monoisotopic (exact) mass is 281 g/mol. The van der Waals surface area contributed by atoms with Gasteiger partial charge in [0.25, 0.3) is 5.91 Å². The van der Waals surface area contributed by atoms with Crippen LogP contribution in [0.2, 0.25) is 0 Å². The maximum absolute atomic E-state index is 12.4. The second kappa shape index (κ2) is 5.11. The number of carbonyl (C=O) groups is 1. The summed E-state index contributed by atoms with van der Waals surface area (Å²) in [4.78, 5) is 19.2. The number of amides is 1. The molecular formula is C17H19N3O. The van der Waals surface area contributed by atoms with Crippen molar-refractivity contribution < 1.29 is 4.79 Å². The summed E-state index contributed by atoms with van der Waals surface area (Å²) in [5.41, 5.74) is 1.58. The van der Waals surface area contributed by atoms with E-state index in [1.807, 2.05) is 30.3 Å². The molecule has 108 valence electrons. The summed E-state index contributed by atoms with van der Waals surface area (Å²) in [5.74, 6) is 0.763. The minimum atomic E-state index is 0.000697. The van der Waals surface area contributed by atoms with E-state index < -0.39 is 0 Å². The molecular weight excluding hydrogens is 262 g/mol. The molecule has 1 aromatic carbocycles. The zero-order valence-corrected chi connectivity index (χ0v) is 12.0. The first-order chi connectivity index (χ1) is 10.3. The Morgan fingerprint density at radius 1 is 1.29 bits per heavy atom. The lowest BCUT2D eigenvalue weighted by Gasteiger charge is -2.30. The Hall–Kier alpha value is -1.94. The molecule has 2 bridgehead atoms. The van der Waals surface area contributed by atoms with E-state index in [0.29, 0.717) is 5.56 Å². The second-order valence-corrected chi connectivity index (χ2v) is 6.24. The molecule has 0 radical (unpaired) electrons. The van der Waals surface area contributed by atoms with E-state index in [2.05, 4.69) is 15.2 Å². The number of pyridine rings is 1. The fourth-order valence-corrected chi connectivity index (χ4v) is 3.63. The van der Waals surface area contributed by atoms with E-state index in [4.69, 9.17) is 0 Å². The van der Waals surface area contributed by atoms with Crippen LogP contribution < -0.4 is 5.32 Å². The van der Waals surface area contributed by atoms with Gasteiger partial charge in [0.05, 0.1) is 11.1 Å². The molecule has 2 fully saturated rings. The molecule has 4 nitrogen and oxygen atoms in total. The van der Waals surface area contributed by atoms with Crippen molar-refractivity contribution in [3.63, 3.8) is 0 Å². The van der Waals surface area contributed by atoms with Crippen molar-refractivity contribution in [2.75, 3.05) is 19.6 Å². The molecule has 1 amide bonds. The Bertz CT molecular complexity index is 673. The van der Waals surface area contributed by atoms with Gasteiger partial charge in [0, 0.05) is 30.7 Å². The van der Waals surface area contributed by atoms with Crippen LogP contribution in [0.25, 0.3) is 10.9 Å². The van der Waals surface area contributed by atoms with Crippen LogP contribution in [0.3, 0.4) is 0 Å². The second-order valence-electron chi connectivity index (χ2n) is 6.24. The van der Waals surface area contributed by atoms with Crippen LogP contribution in [0.4, 0.5) is 0 Å². The lowest BCUT2D eigenvalue weighted by molar-refractivity contribution is 0.0909. The van der Waals surface area contributed by atoms with Gasteiger partial charge in [0.1, 0.15) is 0 Å². The normalized spacial score (nSPS) is 27.7. The van der Waals surface area contributed by atoms with Crippen molar-refractivity contribution in [1.82, 2.24) is 15.2 Å². The van der Waals surface area contributed by atoms with Crippen molar-refractivity contribution in [3.05, 3.63) is 42.1 Å². The summed E-state index contributed by atoms with van der Waals surface area (Å²) in [6, 6.07) is 10.1. The number of aromatic nitrogens is 1. The van der Waals surface area contributed by atoms with E-state index in [1.54, 1.807) is 6.20 Å². The van der Waals surface area contributed by atoms with Crippen molar-refractivity contribution in [1.29, 1.82) is 0 Å². The molecule has 0 aliphatic carbocycles. The summed E-state index contributed by atoms with van der Waals surface area (Å²) in [6.45, 7) is 3.39. The highest BCUT2D eigenvalue weighted by Gasteiger charge is 2.32. The van der Waals surface area contributed by atoms with Gasteiger partial charge in [-0.1, -0.05) is 18.2 Å². The molecule has 4 rings (SSSR count). The summed E-state index contributed by atoms with van der Waals surface area (Å²) in [5, 5.41) is 4.19. The number of nitrogens with one attached hydrogen (secondary N) is 1. The van der Waals surface area contributed by atoms with Gasteiger partial charge in [0.15, 0.2) is 0 Å². The van der Waals surface area contributed by atoms with Crippen LogP contribution in [-0.2, 0) is 0 Å². The maximum atomic E-state index is 12.4. The van der Waals surface area contributed by atoms with Gasteiger partial charge in [0.2, 0.25) is 0 Å².